The Morgan fingerprint density at radius 1 is 1.56 bits per heavy atom. The van der Waals surface area contributed by atoms with E-state index in [1.54, 1.807) is 18.2 Å². The molecule has 5 heteroatoms. The lowest BCUT2D eigenvalue weighted by molar-refractivity contribution is -0.383. The number of benzene rings is 1. The Balaban J connectivity index is 2.27. The number of nitrogens with zero attached hydrogens (tertiary/aromatic N) is 1. The number of nitrogens with one attached hydrogen (secondary N) is 1. The van der Waals surface area contributed by atoms with Gasteiger partial charge >= 0.3 is 5.69 Å². The molecule has 1 aliphatic carbocycles. The normalized spacial score (nSPS) is 21.5. The van der Waals surface area contributed by atoms with Crippen molar-refractivity contribution < 1.29 is 4.92 Å². The van der Waals surface area contributed by atoms with Crippen LogP contribution in [-0.2, 0) is 0 Å². The van der Waals surface area contributed by atoms with Crippen LogP contribution in [0.25, 0.3) is 0 Å². The molecule has 1 saturated carbocycles. The zero-order valence-corrected chi connectivity index (χ0v) is 9.36. The largest absolute Gasteiger partial charge is 0.393 e. The predicted octanol–water partition coefficient (Wildman–Crippen LogP) is 2.39. The van der Waals surface area contributed by atoms with Crippen LogP contribution >= 0.6 is 0 Å². The molecule has 1 unspecified atom stereocenters. The van der Waals surface area contributed by atoms with Gasteiger partial charge in [0.15, 0.2) is 0 Å². The monoisotopic (exact) mass is 221 g/mol. The second-order valence-electron chi connectivity index (χ2n) is 4.89. The van der Waals surface area contributed by atoms with Gasteiger partial charge in [-0.25, -0.2) is 0 Å². The minimum Gasteiger partial charge on any atom is -0.393 e. The summed E-state index contributed by atoms with van der Waals surface area (Å²) in [6, 6.07) is 5.26. The maximum absolute atomic E-state index is 10.9. The maximum Gasteiger partial charge on any atom is 0.314 e. The number of nitrogen functional groups attached to an aromatic ring is 1. The van der Waals surface area contributed by atoms with Gasteiger partial charge in [-0.3, -0.25) is 10.1 Å². The summed E-state index contributed by atoms with van der Waals surface area (Å²) in [5.41, 5.74) is 6.52. The van der Waals surface area contributed by atoms with E-state index in [1.807, 2.05) is 0 Å². The average molecular weight is 221 g/mol. The van der Waals surface area contributed by atoms with Crippen molar-refractivity contribution in [1.82, 2.24) is 0 Å². The van der Waals surface area contributed by atoms with E-state index in [-0.39, 0.29) is 16.8 Å². The van der Waals surface area contributed by atoms with Gasteiger partial charge < -0.3 is 11.1 Å². The van der Waals surface area contributed by atoms with Crippen molar-refractivity contribution in [1.29, 1.82) is 0 Å². The Kier molecular flexibility index (Phi) is 2.26. The topological polar surface area (TPSA) is 81.2 Å². The fraction of sp³-hybridized carbons (Fsp3) is 0.455. The van der Waals surface area contributed by atoms with E-state index in [0.717, 1.165) is 6.42 Å². The van der Waals surface area contributed by atoms with E-state index >= 15 is 0 Å². The number of nitrogens with two attached hydrogens (primary N) is 1. The average Bonchev–Trinajstić information content (AvgIpc) is 2.72. The molecule has 0 spiro atoms. The third-order valence-electron chi connectivity index (χ3n) is 3.09. The minimum atomic E-state index is -0.437. The Morgan fingerprint density at radius 2 is 2.19 bits per heavy atom. The molecule has 1 aromatic rings. The molecular weight excluding hydrogens is 206 g/mol. The van der Waals surface area contributed by atoms with Crippen molar-refractivity contribution in [2.75, 3.05) is 11.1 Å². The van der Waals surface area contributed by atoms with E-state index in [1.165, 1.54) is 0 Å². The molecule has 5 nitrogen and oxygen atoms in total. The van der Waals surface area contributed by atoms with E-state index < -0.39 is 4.92 Å². The molecule has 1 aliphatic rings. The standard InChI is InChI=1S/C11H15N3O2/c1-11(2)6-9(11)13-8-5-3-4-7(12)10(8)14(15)16/h3-5,9,13H,6,12H2,1-2H3. The number of nitro groups is 1. The van der Waals surface area contributed by atoms with Crippen LogP contribution < -0.4 is 11.1 Å². The van der Waals surface area contributed by atoms with Crippen LogP contribution in [0.15, 0.2) is 18.2 Å². The van der Waals surface area contributed by atoms with Crippen LogP contribution in [0, 0.1) is 15.5 Å². The van der Waals surface area contributed by atoms with Crippen LogP contribution in [0.4, 0.5) is 17.1 Å². The number of hydrogen-bond donors (Lipinski definition) is 2. The molecule has 1 atom stereocenters. The Bertz CT molecular complexity index is 443. The zero-order valence-electron chi connectivity index (χ0n) is 9.36. The van der Waals surface area contributed by atoms with Crippen molar-refractivity contribution in [3.05, 3.63) is 28.3 Å². The van der Waals surface area contributed by atoms with E-state index in [4.69, 9.17) is 5.73 Å². The highest BCUT2D eigenvalue weighted by Gasteiger charge is 2.46. The van der Waals surface area contributed by atoms with Crippen LogP contribution in [0.3, 0.4) is 0 Å². The van der Waals surface area contributed by atoms with Gasteiger partial charge in [0, 0.05) is 6.04 Å². The summed E-state index contributed by atoms with van der Waals surface area (Å²) in [5, 5.41) is 14.1. The van der Waals surface area contributed by atoms with E-state index in [9.17, 15) is 10.1 Å². The van der Waals surface area contributed by atoms with Crippen molar-refractivity contribution in [2.24, 2.45) is 5.41 Å². The first-order chi connectivity index (χ1) is 7.42. The van der Waals surface area contributed by atoms with Crippen molar-refractivity contribution in [3.63, 3.8) is 0 Å². The molecule has 1 aromatic carbocycles. The van der Waals surface area contributed by atoms with Crippen LogP contribution in [0.5, 0.6) is 0 Å². The molecule has 0 amide bonds. The van der Waals surface area contributed by atoms with E-state index in [0.29, 0.717) is 11.7 Å². The highest BCUT2D eigenvalue weighted by molar-refractivity contribution is 5.74. The lowest BCUT2D eigenvalue weighted by Gasteiger charge is -2.09. The number of para-hydroxylation sites is 1. The second kappa shape index (κ2) is 3.37. The van der Waals surface area contributed by atoms with Gasteiger partial charge in [-0.2, -0.15) is 0 Å². The van der Waals surface area contributed by atoms with Gasteiger partial charge in [0.05, 0.1) is 4.92 Å². The molecule has 0 aliphatic heterocycles. The van der Waals surface area contributed by atoms with Gasteiger partial charge in [0.25, 0.3) is 0 Å². The third-order valence-corrected chi connectivity index (χ3v) is 3.09. The molecule has 0 heterocycles. The first-order valence-corrected chi connectivity index (χ1v) is 5.21. The quantitative estimate of drug-likeness (QED) is 0.466. The van der Waals surface area contributed by atoms with Crippen molar-refractivity contribution in [2.45, 2.75) is 26.3 Å². The van der Waals surface area contributed by atoms with Crippen LogP contribution in [-0.4, -0.2) is 11.0 Å². The Hall–Kier alpha value is -1.78. The molecule has 0 aromatic heterocycles. The van der Waals surface area contributed by atoms with Gasteiger partial charge in [0.1, 0.15) is 11.4 Å². The summed E-state index contributed by atoms with van der Waals surface area (Å²) in [6.45, 7) is 4.26. The summed E-state index contributed by atoms with van der Waals surface area (Å²) in [6.07, 6.45) is 1.03. The molecule has 1 fully saturated rings. The van der Waals surface area contributed by atoms with E-state index in [2.05, 4.69) is 19.2 Å². The second-order valence-corrected chi connectivity index (χ2v) is 4.89. The van der Waals surface area contributed by atoms with Crippen molar-refractivity contribution >= 4 is 17.1 Å². The van der Waals surface area contributed by atoms with Gasteiger partial charge in [-0.1, -0.05) is 19.9 Å². The first-order valence-electron chi connectivity index (χ1n) is 5.21. The Morgan fingerprint density at radius 3 is 2.69 bits per heavy atom. The highest BCUT2D eigenvalue weighted by Crippen LogP contribution is 2.47. The predicted molar refractivity (Wildman–Crippen MR) is 63.3 cm³/mol. The molecule has 2 rings (SSSR count). The lowest BCUT2D eigenvalue weighted by Crippen LogP contribution is -2.10. The first kappa shape index (κ1) is 10.7. The smallest absolute Gasteiger partial charge is 0.314 e. The Labute approximate surface area is 93.8 Å². The molecule has 0 radical (unpaired) electrons. The molecule has 3 N–H and O–H groups in total. The SMILES string of the molecule is CC1(C)CC1Nc1cccc(N)c1[N+](=O)[O-]. The van der Waals surface area contributed by atoms with Crippen molar-refractivity contribution in [3.8, 4) is 0 Å². The number of nitro benzene ring substituents is 1. The summed E-state index contributed by atoms with van der Waals surface area (Å²) in [7, 11) is 0. The molecule has 0 bridgehead atoms. The third kappa shape index (κ3) is 1.80. The summed E-state index contributed by atoms with van der Waals surface area (Å²) < 4.78 is 0. The minimum absolute atomic E-state index is 0.0230. The zero-order chi connectivity index (χ0) is 11.9. The highest BCUT2D eigenvalue weighted by atomic mass is 16.6. The number of hydrogen-bond acceptors (Lipinski definition) is 4. The summed E-state index contributed by atoms with van der Waals surface area (Å²) >= 11 is 0. The van der Waals surface area contributed by atoms with Gasteiger partial charge in [-0.15, -0.1) is 0 Å². The molecular formula is C11H15N3O2. The fourth-order valence-corrected chi connectivity index (χ4v) is 1.78. The number of rotatable bonds is 3. The summed E-state index contributed by atoms with van der Waals surface area (Å²) in [5.74, 6) is 0. The molecule has 86 valence electrons. The molecule has 0 saturated heterocycles. The van der Waals surface area contributed by atoms with Gasteiger partial charge in [0.2, 0.25) is 0 Å². The lowest BCUT2D eigenvalue weighted by atomic mass is 10.1. The van der Waals surface area contributed by atoms with Gasteiger partial charge in [-0.05, 0) is 24.0 Å². The number of anilines is 2. The summed E-state index contributed by atoms with van der Waals surface area (Å²) in [4.78, 5) is 10.5. The molecule has 16 heavy (non-hydrogen) atoms. The van der Waals surface area contributed by atoms with Crippen LogP contribution in [0.1, 0.15) is 20.3 Å². The fourth-order valence-electron chi connectivity index (χ4n) is 1.78. The maximum atomic E-state index is 10.9. The van der Waals surface area contributed by atoms with Crippen LogP contribution in [0.2, 0.25) is 0 Å².